The number of hydrogen-bond acceptors (Lipinski definition) is 4. The molecular formula is C22H27Cl2N5O. The second kappa shape index (κ2) is 8.98. The molecule has 2 aromatic rings. The van der Waals surface area contributed by atoms with Crippen LogP contribution < -0.4 is 10.2 Å². The van der Waals surface area contributed by atoms with Crippen LogP contribution in [0.4, 0.5) is 10.6 Å². The van der Waals surface area contributed by atoms with Gasteiger partial charge in [-0.15, -0.1) is 0 Å². The van der Waals surface area contributed by atoms with Crippen LogP contribution in [0.25, 0.3) is 0 Å². The van der Waals surface area contributed by atoms with Crippen LogP contribution >= 0.6 is 23.2 Å². The minimum atomic E-state index is 0.00265. The first-order valence-electron chi connectivity index (χ1n) is 10.5. The molecule has 1 saturated heterocycles. The molecule has 0 bridgehead atoms. The Morgan fingerprint density at radius 1 is 1.17 bits per heavy atom. The summed E-state index contributed by atoms with van der Waals surface area (Å²) >= 11 is 12.5. The molecule has 8 heteroatoms. The molecule has 0 spiro atoms. The minimum Gasteiger partial charge on any atom is -0.353 e. The number of amides is 2. The summed E-state index contributed by atoms with van der Waals surface area (Å²) in [5.74, 6) is 2.40. The quantitative estimate of drug-likeness (QED) is 0.736. The Balaban J connectivity index is 1.61. The largest absolute Gasteiger partial charge is 0.353 e. The summed E-state index contributed by atoms with van der Waals surface area (Å²) in [4.78, 5) is 26.1. The Morgan fingerprint density at radius 3 is 2.53 bits per heavy atom. The van der Waals surface area contributed by atoms with E-state index in [0.29, 0.717) is 42.0 Å². The van der Waals surface area contributed by atoms with E-state index in [1.807, 2.05) is 24.0 Å². The lowest BCUT2D eigenvalue weighted by atomic mass is 10.0. The van der Waals surface area contributed by atoms with E-state index in [9.17, 15) is 4.79 Å². The lowest BCUT2D eigenvalue weighted by molar-refractivity contribution is 0.195. The van der Waals surface area contributed by atoms with Crippen LogP contribution in [0.3, 0.4) is 0 Å². The highest BCUT2D eigenvalue weighted by Crippen LogP contribution is 2.40. The van der Waals surface area contributed by atoms with Crippen molar-refractivity contribution in [2.24, 2.45) is 0 Å². The van der Waals surface area contributed by atoms with E-state index in [4.69, 9.17) is 33.2 Å². The third kappa shape index (κ3) is 4.65. The first kappa shape index (κ1) is 21.2. The number of anilines is 1. The fourth-order valence-electron chi connectivity index (χ4n) is 3.83. The number of aryl methyl sites for hydroxylation is 1. The third-order valence-corrected chi connectivity index (χ3v) is 6.32. The predicted octanol–water partition coefficient (Wildman–Crippen LogP) is 4.41. The second-order valence-electron chi connectivity index (χ2n) is 7.97. The highest BCUT2D eigenvalue weighted by atomic mass is 35.5. The molecule has 1 saturated carbocycles. The van der Waals surface area contributed by atoms with Crippen LogP contribution in [0.1, 0.15) is 48.3 Å². The molecule has 1 aromatic carbocycles. The van der Waals surface area contributed by atoms with E-state index in [0.717, 1.165) is 54.4 Å². The summed E-state index contributed by atoms with van der Waals surface area (Å²) in [6.07, 6.45) is 2.97. The minimum absolute atomic E-state index is 0.00265. The molecule has 1 N–H and O–H groups in total. The topological polar surface area (TPSA) is 61.4 Å². The van der Waals surface area contributed by atoms with Crippen LogP contribution in [0.2, 0.25) is 10.0 Å². The molecule has 2 amide bonds. The van der Waals surface area contributed by atoms with Crippen molar-refractivity contribution in [2.45, 2.75) is 39.0 Å². The summed E-state index contributed by atoms with van der Waals surface area (Å²) in [6.45, 7) is 7.48. The van der Waals surface area contributed by atoms with Crippen molar-refractivity contribution in [3.8, 4) is 0 Å². The van der Waals surface area contributed by atoms with Crippen LogP contribution in [0.15, 0.2) is 18.2 Å². The standard InChI is InChI=1S/C22H27Cl2N5O/c1-3-25-22(30)29-10-8-28(9-11-29)21-18(12-16-6-7-17(23)13-19(16)24)14(2)26-20(27-21)15-4-5-15/h6-7,13,15H,3-5,8-12H2,1-2H3,(H,25,30). The van der Waals surface area contributed by atoms with Crippen LogP contribution in [-0.2, 0) is 6.42 Å². The zero-order valence-corrected chi connectivity index (χ0v) is 18.9. The average molecular weight is 448 g/mol. The van der Waals surface area contributed by atoms with Crippen molar-refractivity contribution in [3.63, 3.8) is 0 Å². The molecule has 1 aromatic heterocycles. The summed E-state index contributed by atoms with van der Waals surface area (Å²) in [6, 6.07) is 5.61. The molecule has 0 unspecified atom stereocenters. The van der Waals surface area contributed by atoms with E-state index in [-0.39, 0.29) is 6.03 Å². The summed E-state index contributed by atoms with van der Waals surface area (Å²) in [7, 11) is 0. The van der Waals surface area contributed by atoms with Crippen molar-refractivity contribution < 1.29 is 4.79 Å². The number of urea groups is 1. The van der Waals surface area contributed by atoms with Gasteiger partial charge in [0.15, 0.2) is 0 Å². The molecule has 30 heavy (non-hydrogen) atoms. The van der Waals surface area contributed by atoms with Gasteiger partial charge >= 0.3 is 6.03 Å². The van der Waals surface area contributed by atoms with Crippen molar-refractivity contribution in [1.82, 2.24) is 20.2 Å². The lowest BCUT2D eigenvalue weighted by Gasteiger charge is -2.36. The molecule has 1 aliphatic carbocycles. The first-order chi connectivity index (χ1) is 14.5. The van der Waals surface area contributed by atoms with Crippen LogP contribution in [0.5, 0.6) is 0 Å². The van der Waals surface area contributed by atoms with Gasteiger partial charge in [-0.1, -0.05) is 29.3 Å². The summed E-state index contributed by atoms with van der Waals surface area (Å²) in [5, 5.41) is 4.16. The monoisotopic (exact) mass is 447 g/mol. The highest BCUT2D eigenvalue weighted by Gasteiger charge is 2.30. The van der Waals surface area contributed by atoms with Gasteiger partial charge in [0.2, 0.25) is 0 Å². The molecule has 4 rings (SSSR count). The van der Waals surface area contributed by atoms with Gasteiger partial charge in [0, 0.05) is 66.4 Å². The van der Waals surface area contributed by atoms with Gasteiger partial charge < -0.3 is 15.1 Å². The van der Waals surface area contributed by atoms with Crippen molar-refractivity contribution in [1.29, 1.82) is 0 Å². The first-order valence-corrected chi connectivity index (χ1v) is 11.3. The fraction of sp³-hybridized carbons (Fsp3) is 0.500. The van der Waals surface area contributed by atoms with E-state index < -0.39 is 0 Å². The van der Waals surface area contributed by atoms with E-state index >= 15 is 0 Å². The van der Waals surface area contributed by atoms with Gasteiger partial charge in [0.1, 0.15) is 11.6 Å². The summed E-state index contributed by atoms with van der Waals surface area (Å²) < 4.78 is 0. The molecule has 0 radical (unpaired) electrons. The third-order valence-electron chi connectivity index (χ3n) is 5.73. The molecule has 0 atom stereocenters. The molecule has 6 nitrogen and oxygen atoms in total. The number of carbonyl (C=O) groups excluding carboxylic acids is 1. The number of nitrogens with zero attached hydrogens (tertiary/aromatic N) is 4. The Hall–Kier alpha value is -2.05. The Bertz CT molecular complexity index is 939. The van der Waals surface area contributed by atoms with Gasteiger partial charge in [0.25, 0.3) is 0 Å². The average Bonchev–Trinajstić information content (AvgIpc) is 3.57. The number of piperazine rings is 1. The van der Waals surface area contributed by atoms with Gasteiger partial charge in [-0.05, 0) is 44.4 Å². The Labute approximate surface area is 187 Å². The maximum atomic E-state index is 12.2. The number of benzene rings is 1. The number of rotatable bonds is 5. The molecule has 2 fully saturated rings. The molecule has 2 heterocycles. The van der Waals surface area contributed by atoms with Crippen molar-refractivity contribution >= 4 is 35.1 Å². The number of nitrogens with one attached hydrogen (secondary N) is 1. The predicted molar refractivity (Wildman–Crippen MR) is 121 cm³/mol. The number of carbonyl (C=O) groups is 1. The number of halogens is 2. The zero-order chi connectivity index (χ0) is 21.3. The number of aromatic nitrogens is 2. The highest BCUT2D eigenvalue weighted by molar-refractivity contribution is 6.35. The van der Waals surface area contributed by atoms with E-state index in [1.165, 1.54) is 0 Å². The number of hydrogen-bond donors (Lipinski definition) is 1. The maximum Gasteiger partial charge on any atom is 0.317 e. The van der Waals surface area contributed by atoms with Gasteiger partial charge in [-0.25, -0.2) is 14.8 Å². The molecule has 1 aliphatic heterocycles. The van der Waals surface area contributed by atoms with Crippen molar-refractivity contribution in [2.75, 3.05) is 37.6 Å². The van der Waals surface area contributed by atoms with E-state index in [2.05, 4.69) is 17.1 Å². The Kier molecular flexibility index (Phi) is 6.34. The zero-order valence-electron chi connectivity index (χ0n) is 17.4. The van der Waals surface area contributed by atoms with Gasteiger partial charge in [-0.2, -0.15) is 0 Å². The van der Waals surface area contributed by atoms with Gasteiger partial charge in [0.05, 0.1) is 0 Å². The van der Waals surface area contributed by atoms with Crippen LogP contribution in [-0.4, -0.2) is 53.6 Å². The second-order valence-corrected chi connectivity index (χ2v) is 8.81. The SMILES string of the molecule is CCNC(=O)N1CCN(c2nc(C3CC3)nc(C)c2Cc2ccc(Cl)cc2Cl)CC1. The fourth-order valence-corrected chi connectivity index (χ4v) is 4.31. The van der Waals surface area contributed by atoms with E-state index in [1.54, 1.807) is 6.07 Å². The molecule has 160 valence electrons. The van der Waals surface area contributed by atoms with Crippen molar-refractivity contribution in [3.05, 3.63) is 50.9 Å². The van der Waals surface area contributed by atoms with Gasteiger partial charge in [-0.3, -0.25) is 0 Å². The summed E-state index contributed by atoms with van der Waals surface area (Å²) in [5.41, 5.74) is 3.10. The molecule has 2 aliphatic rings. The lowest BCUT2D eigenvalue weighted by Crippen LogP contribution is -2.52. The Morgan fingerprint density at radius 2 is 1.90 bits per heavy atom. The smallest absolute Gasteiger partial charge is 0.317 e. The normalized spacial score (nSPS) is 16.7. The molecular weight excluding hydrogens is 421 g/mol. The van der Waals surface area contributed by atoms with Crippen LogP contribution in [0, 0.1) is 6.92 Å². The maximum absolute atomic E-state index is 12.2.